The van der Waals surface area contributed by atoms with Crippen molar-refractivity contribution in [2.24, 2.45) is 18.4 Å². The van der Waals surface area contributed by atoms with E-state index in [1.54, 1.807) is 26.2 Å². The van der Waals surface area contributed by atoms with Crippen LogP contribution in [-0.4, -0.2) is 60.7 Å². The van der Waals surface area contributed by atoms with Gasteiger partial charge >= 0.3 is 0 Å². The molecule has 1 aliphatic heterocycles. The van der Waals surface area contributed by atoms with Crippen LogP contribution in [-0.2, 0) is 11.8 Å². The number of carbonyl (C=O) groups is 1. The van der Waals surface area contributed by atoms with Crippen LogP contribution in [0.4, 0.5) is 10.2 Å². The van der Waals surface area contributed by atoms with Crippen LogP contribution in [0.1, 0.15) is 39.3 Å². The molecule has 2 aliphatic rings. The molecule has 1 aromatic carbocycles. The number of nitrogens with zero attached hydrogens (tertiary/aromatic N) is 9. The highest BCUT2D eigenvalue weighted by atomic mass is 19.1. The molecule has 0 spiro atoms. The van der Waals surface area contributed by atoms with E-state index in [0.717, 1.165) is 19.0 Å². The van der Waals surface area contributed by atoms with Crippen LogP contribution < -0.4 is 4.90 Å². The number of halogens is 1. The second kappa shape index (κ2) is 10.2. The van der Waals surface area contributed by atoms with E-state index in [4.69, 9.17) is 4.98 Å². The minimum atomic E-state index is -1.02. The summed E-state index contributed by atoms with van der Waals surface area (Å²) < 4.78 is 15.9. The lowest BCUT2D eigenvalue weighted by atomic mass is 9.84. The zero-order valence-electron chi connectivity index (χ0n) is 23.9. The fraction of sp³-hybridized carbons (Fsp3) is 0.387. The predicted octanol–water partition coefficient (Wildman–Crippen LogP) is 4.47. The van der Waals surface area contributed by atoms with Gasteiger partial charge in [-0.15, -0.1) is 0 Å². The molecular weight excluding hydrogens is 533 g/mol. The quantitative estimate of drug-likeness (QED) is 0.348. The van der Waals surface area contributed by atoms with Crippen LogP contribution in [0.15, 0.2) is 43.0 Å². The summed E-state index contributed by atoms with van der Waals surface area (Å²) in [6.45, 7) is 6.71. The third kappa shape index (κ3) is 4.42. The first-order valence-electron chi connectivity index (χ1n) is 14.0. The van der Waals surface area contributed by atoms with Gasteiger partial charge in [0.25, 0.3) is 0 Å². The molecule has 4 heterocycles. The molecule has 4 aromatic rings. The Balaban J connectivity index is 1.47. The summed E-state index contributed by atoms with van der Waals surface area (Å²) in [6, 6.07) is 11.0. The maximum absolute atomic E-state index is 14.3. The summed E-state index contributed by atoms with van der Waals surface area (Å²) in [5, 5.41) is 24.7. The van der Waals surface area contributed by atoms with Crippen molar-refractivity contribution in [1.82, 2.24) is 29.6 Å². The van der Waals surface area contributed by atoms with E-state index in [9.17, 15) is 19.7 Å². The van der Waals surface area contributed by atoms with Gasteiger partial charge in [0.1, 0.15) is 35.1 Å². The van der Waals surface area contributed by atoms with Crippen molar-refractivity contribution in [2.75, 3.05) is 18.0 Å². The smallest absolute Gasteiger partial charge is 0.243 e. The number of aryl methyl sites for hydroxylation is 1. The van der Waals surface area contributed by atoms with E-state index in [-0.39, 0.29) is 23.9 Å². The van der Waals surface area contributed by atoms with E-state index < -0.39 is 11.2 Å². The molecule has 1 saturated carbocycles. The van der Waals surface area contributed by atoms with Crippen molar-refractivity contribution in [3.63, 3.8) is 0 Å². The Labute approximate surface area is 243 Å². The highest BCUT2D eigenvalue weighted by Gasteiger charge is 2.51. The highest BCUT2D eigenvalue weighted by molar-refractivity contribution is 6.07. The maximum atomic E-state index is 14.3. The monoisotopic (exact) mass is 563 g/mol. The number of carbonyl (C=O) groups excluding carboxylic acids is 1. The Morgan fingerprint density at radius 1 is 1.07 bits per heavy atom. The van der Waals surface area contributed by atoms with Gasteiger partial charge in [-0.1, -0.05) is 6.07 Å². The number of benzene rings is 1. The second-order valence-corrected chi connectivity index (χ2v) is 11.5. The second-order valence-electron chi connectivity index (χ2n) is 11.5. The molecular formula is C31H30FN9O. The molecule has 3 aromatic heterocycles. The molecule has 42 heavy (non-hydrogen) atoms. The van der Waals surface area contributed by atoms with E-state index in [1.807, 2.05) is 30.9 Å². The number of aromatic nitrogens is 5. The van der Waals surface area contributed by atoms with Crippen molar-refractivity contribution in [3.8, 4) is 34.5 Å². The van der Waals surface area contributed by atoms with Crippen LogP contribution in [0.3, 0.4) is 0 Å². The van der Waals surface area contributed by atoms with Crippen LogP contribution in [0.5, 0.6) is 0 Å². The van der Waals surface area contributed by atoms with Crippen LogP contribution in [0, 0.1) is 39.8 Å². The molecule has 3 atom stereocenters. The number of hydrogen-bond donors (Lipinski definition) is 0. The summed E-state index contributed by atoms with van der Waals surface area (Å²) in [5.74, 6) is 0.178. The first-order chi connectivity index (χ1) is 20.2. The number of nitriles is 2. The minimum Gasteiger partial charge on any atom is -0.349 e. The lowest BCUT2D eigenvalue weighted by Crippen LogP contribution is -2.61. The summed E-state index contributed by atoms with van der Waals surface area (Å²) in [4.78, 5) is 31.1. The molecule has 10 nitrogen and oxygen atoms in total. The summed E-state index contributed by atoms with van der Waals surface area (Å²) in [6.07, 6.45) is 6.06. The van der Waals surface area contributed by atoms with Crippen molar-refractivity contribution < 1.29 is 9.18 Å². The molecule has 0 unspecified atom stereocenters. The van der Waals surface area contributed by atoms with Gasteiger partial charge in [0.05, 0.1) is 28.9 Å². The summed E-state index contributed by atoms with van der Waals surface area (Å²) >= 11 is 0. The summed E-state index contributed by atoms with van der Waals surface area (Å²) in [5.41, 5.74) is 2.57. The van der Waals surface area contributed by atoms with E-state index in [0.29, 0.717) is 57.9 Å². The zero-order chi connectivity index (χ0) is 29.8. The topological polar surface area (TPSA) is 128 Å². The molecule has 6 rings (SSSR count). The SMILES string of the molecule is C[C@@H]1CN(c2ncnc3c(-c4cc(C#N)n(C)n4)ccc(-c4cncc(F)c4)c23)[C@@H](C)CN1C(=O)[C@](C)(C#N)C1CC1. The third-order valence-corrected chi connectivity index (χ3v) is 8.64. The van der Waals surface area contributed by atoms with Crippen LogP contribution >= 0.6 is 0 Å². The Morgan fingerprint density at radius 3 is 2.50 bits per heavy atom. The Bertz CT molecular complexity index is 1800. The number of piperazine rings is 1. The normalized spacial score (nSPS) is 20.2. The number of anilines is 1. The van der Waals surface area contributed by atoms with Crippen molar-refractivity contribution in [2.45, 2.75) is 45.7 Å². The average molecular weight is 564 g/mol. The molecule has 0 radical (unpaired) electrons. The van der Waals surface area contributed by atoms with E-state index in [2.05, 4.69) is 32.1 Å². The zero-order valence-corrected chi connectivity index (χ0v) is 23.9. The first-order valence-corrected chi connectivity index (χ1v) is 14.0. The van der Waals surface area contributed by atoms with Crippen LogP contribution in [0.2, 0.25) is 0 Å². The fourth-order valence-electron chi connectivity index (χ4n) is 6.06. The highest BCUT2D eigenvalue weighted by Crippen LogP contribution is 2.47. The Kier molecular flexibility index (Phi) is 6.61. The van der Waals surface area contributed by atoms with Gasteiger partial charge in [-0.2, -0.15) is 15.6 Å². The molecule has 0 bridgehead atoms. The van der Waals surface area contributed by atoms with Gasteiger partial charge in [0.15, 0.2) is 0 Å². The number of fused-ring (bicyclic) bond motifs is 1. The Morgan fingerprint density at radius 2 is 1.83 bits per heavy atom. The van der Waals surface area contributed by atoms with E-state index in [1.165, 1.54) is 17.1 Å². The van der Waals surface area contributed by atoms with Crippen LogP contribution in [0.25, 0.3) is 33.3 Å². The molecule has 212 valence electrons. The Hall–Kier alpha value is -4.90. The van der Waals surface area contributed by atoms with Gasteiger partial charge in [0.2, 0.25) is 5.91 Å². The summed E-state index contributed by atoms with van der Waals surface area (Å²) in [7, 11) is 1.71. The van der Waals surface area contributed by atoms with Gasteiger partial charge in [0, 0.05) is 55.6 Å². The number of rotatable bonds is 5. The van der Waals surface area contributed by atoms with Gasteiger partial charge < -0.3 is 9.80 Å². The molecule has 0 N–H and O–H groups in total. The lowest BCUT2D eigenvalue weighted by molar-refractivity contribution is -0.142. The molecule has 1 amide bonds. The number of amides is 1. The number of pyridine rings is 1. The van der Waals surface area contributed by atoms with Crippen molar-refractivity contribution in [1.29, 1.82) is 10.5 Å². The molecule has 11 heteroatoms. The minimum absolute atomic E-state index is 0.107. The first kappa shape index (κ1) is 27.3. The maximum Gasteiger partial charge on any atom is 0.243 e. The standard InChI is InChI=1S/C31H30FN9O/c1-18-15-41(30(42)31(3,16-34)21-5-6-21)19(2)14-40(18)29-27-24(20-9-22(32)13-35-12-20)7-8-25(28(27)36-17-37-29)26-10-23(11-33)39(4)38-26/h7-10,12-13,17-19,21H,5-6,14-15H2,1-4H3/t18-,19+,31+/m0/s1. The lowest BCUT2D eigenvalue weighted by Gasteiger charge is -2.46. The largest absolute Gasteiger partial charge is 0.349 e. The fourth-order valence-corrected chi connectivity index (χ4v) is 6.06. The van der Waals surface area contributed by atoms with Gasteiger partial charge in [-0.05, 0) is 57.2 Å². The number of hydrogen-bond acceptors (Lipinski definition) is 8. The molecule has 1 aliphatic carbocycles. The van der Waals surface area contributed by atoms with Gasteiger partial charge in [-0.3, -0.25) is 14.5 Å². The average Bonchev–Trinajstić information content (AvgIpc) is 3.79. The van der Waals surface area contributed by atoms with Crippen molar-refractivity contribution >= 4 is 22.6 Å². The predicted molar refractivity (Wildman–Crippen MR) is 154 cm³/mol. The van der Waals surface area contributed by atoms with Crippen molar-refractivity contribution in [3.05, 3.63) is 54.5 Å². The van der Waals surface area contributed by atoms with Gasteiger partial charge in [-0.25, -0.2) is 14.4 Å². The molecule has 1 saturated heterocycles. The third-order valence-electron chi connectivity index (χ3n) is 8.64. The molecule has 2 fully saturated rings. The van der Waals surface area contributed by atoms with E-state index >= 15 is 0 Å².